The fraction of sp³-hybridized carbons (Fsp3) is 0.357. The Morgan fingerprint density at radius 2 is 1.91 bits per heavy atom. The van der Waals surface area contributed by atoms with Gasteiger partial charge in [0.1, 0.15) is 0 Å². The summed E-state index contributed by atoms with van der Waals surface area (Å²) in [6.07, 6.45) is 3.39. The number of nitrogens with zero attached hydrogens (tertiary/aromatic N) is 2. The van der Waals surface area contributed by atoms with Crippen LogP contribution in [0.1, 0.15) is 18.5 Å². The molecule has 0 saturated carbocycles. The number of rotatable bonds is 6. The summed E-state index contributed by atoms with van der Waals surface area (Å²) in [6, 6.07) is 4.06. The number of hydrogen-bond donors (Lipinski definition) is 1. The predicted octanol–water partition coefficient (Wildman–Crippen LogP) is 1.48. The smallest absolute Gasteiger partial charge is 0.241 e. The predicted molar refractivity (Wildman–Crippen MR) is 81.5 cm³/mol. The van der Waals surface area contributed by atoms with E-state index in [1.165, 1.54) is 26.4 Å². The molecule has 0 unspecified atom stereocenters. The largest absolute Gasteiger partial charge is 0.493 e. The third kappa shape index (κ3) is 3.40. The summed E-state index contributed by atoms with van der Waals surface area (Å²) in [5.74, 6) is 0.834. The lowest BCUT2D eigenvalue weighted by Gasteiger charge is -2.14. The van der Waals surface area contributed by atoms with Gasteiger partial charge in [0.2, 0.25) is 10.0 Å². The molecule has 22 heavy (non-hydrogen) atoms. The summed E-state index contributed by atoms with van der Waals surface area (Å²) in [4.78, 5) is 0.112. The van der Waals surface area contributed by atoms with Crippen LogP contribution in [0.15, 0.2) is 35.5 Å². The SMILES string of the molecule is COc1ccc(S(=O)(=O)N[C@H](C)c2cnn(C)c2)cc1OC. The number of nitrogens with one attached hydrogen (secondary N) is 1. The van der Waals surface area contributed by atoms with Crippen molar-refractivity contribution in [2.75, 3.05) is 14.2 Å². The van der Waals surface area contributed by atoms with Gasteiger partial charge in [0, 0.05) is 30.9 Å². The van der Waals surface area contributed by atoms with Crippen molar-refractivity contribution in [3.8, 4) is 11.5 Å². The number of aryl methyl sites for hydroxylation is 1. The maximum Gasteiger partial charge on any atom is 0.241 e. The molecule has 120 valence electrons. The molecule has 1 heterocycles. The lowest BCUT2D eigenvalue weighted by molar-refractivity contribution is 0.354. The molecule has 2 aromatic rings. The van der Waals surface area contributed by atoms with Crippen molar-refractivity contribution in [1.82, 2.24) is 14.5 Å². The molecule has 0 aliphatic carbocycles. The van der Waals surface area contributed by atoms with E-state index in [1.54, 1.807) is 37.1 Å². The van der Waals surface area contributed by atoms with Crippen molar-refractivity contribution < 1.29 is 17.9 Å². The maximum atomic E-state index is 12.5. The van der Waals surface area contributed by atoms with E-state index in [9.17, 15) is 8.42 Å². The molecular formula is C14H19N3O4S. The monoisotopic (exact) mass is 325 g/mol. The van der Waals surface area contributed by atoms with Crippen LogP contribution in [0.3, 0.4) is 0 Å². The number of aromatic nitrogens is 2. The molecule has 2 rings (SSSR count). The molecule has 1 aromatic heterocycles. The van der Waals surface area contributed by atoms with E-state index in [4.69, 9.17) is 9.47 Å². The molecule has 0 amide bonds. The summed E-state index contributed by atoms with van der Waals surface area (Å²) >= 11 is 0. The fourth-order valence-electron chi connectivity index (χ4n) is 2.02. The van der Waals surface area contributed by atoms with Gasteiger partial charge in [-0.25, -0.2) is 13.1 Å². The number of benzene rings is 1. The van der Waals surface area contributed by atoms with E-state index in [0.717, 1.165) is 5.56 Å². The van der Waals surface area contributed by atoms with Gasteiger partial charge in [-0.1, -0.05) is 0 Å². The summed E-state index contributed by atoms with van der Waals surface area (Å²) in [5, 5.41) is 4.04. The van der Waals surface area contributed by atoms with Crippen LogP contribution in [0.25, 0.3) is 0 Å². The van der Waals surface area contributed by atoms with E-state index >= 15 is 0 Å². The van der Waals surface area contributed by atoms with Gasteiger partial charge in [-0.3, -0.25) is 4.68 Å². The van der Waals surface area contributed by atoms with Gasteiger partial charge in [0.05, 0.1) is 25.3 Å². The first-order chi connectivity index (χ1) is 10.4. The average Bonchev–Trinajstić information content (AvgIpc) is 2.92. The van der Waals surface area contributed by atoms with Gasteiger partial charge in [-0.2, -0.15) is 5.10 Å². The van der Waals surface area contributed by atoms with Crippen LogP contribution in [-0.4, -0.2) is 32.4 Å². The normalized spacial score (nSPS) is 12.9. The zero-order valence-corrected chi connectivity index (χ0v) is 13.7. The molecule has 0 fully saturated rings. The van der Waals surface area contributed by atoms with E-state index in [-0.39, 0.29) is 4.90 Å². The highest BCUT2D eigenvalue weighted by Gasteiger charge is 2.21. The highest BCUT2D eigenvalue weighted by atomic mass is 32.2. The first-order valence-electron chi connectivity index (χ1n) is 6.60. The Morgan fingerprint density at radius 3 is 2.45 bits per heavy atom. The highest BCUT2D eigenvalue weighted by Crippen LogP contribution is 2.29. The summed E-state index contributed by atoms with van der Waals surface area (Å²) in [5.41, 5.74) is 0.784. The van der Waals surface area contributed by atoms with Gasteiger partial charge in [-0.15, -0.1) is 0 Å². The Labute approximate surface area is 129 Å². The van der Waals surface area contributed by atoms with E-state index in [0.29, 0.717) is 11.5 Å². The van der Waals surface area contributed by atoms with Gasteiger partial charge in [0.25, 0.3) is 0 Å². The molecule has 8 heteroatoms. The zero-order chi connectivity index (χ0) is 16.3. The minimum atomic E-state index is -3.68. The van der Waals surface area contributed by atoms with Crippen LogP contribution in [0.4, 0.5) is 0 Å². The van der Waals surface area contributed by atoms with Crippen LogP contribution in [0.2, 0.25) is 0 Å². The van der Waals surface area contributed by atoms with Crippen molar-refractivity contribution in [2.24, 2.45) is 7.05 Å². The van der Waals surface area contributed by atoms with Crippen LogP contribution >= 0.6 is 0 Å². The van der Waals surface area contributed by atoms with Crippen molar-refractivity contribution in [3.63, 3.8) is 0 Å². The number of methoxy groups -OCH3 is 2. The van der Waals surface area contributed by atoms with E-state index in [2.05, 4.69) is 9.82 Å². The lowest BCUT2D eigenvalue weighted by atomic mass is 10.2. The second kappa shape index (κ2) is 6.37. The second-order valence-electron chi connectivity index (χ2n) is 4.81. The molecular weight excluding hydrogens is 306 g/mol. The third-order valence-corrected chi connectivity index (χ3v) is 4.76. The summed E-state index contributed by atoms with van der Waals surface area (Å²) in [7, 11) is 1.05. The summed E-state index contributed by atoms with van der Waals surface area (Å²) in [6.45, 7) is 1.76. The fourth-order valence-corrected chi connectivity index (χ4v) is 3.26. The molecule has 0 aliphatic rings. The molecule has 1 aromatic carbocycles. The third-order valence-electron chi connectivity index (χ3n) is 3.22. The van der Waals surface area contributed by atoms with Crippen molar-refractivity contribution in [3.05, 3.63) is 36.2 Å². The molecule has 0 aliphatic heterocycles. The maximum absolute atomic E-state index is 12.5. The molecule has 0 saturated heterocycles. The van der Waals surface area contributed by atoms with Gasteiger partial charge < -0.3 is 9.47 Å². The van der Waals surface area contributed by atoms with Gasteiger partial charge >= 0.3 is 0 Å². The molecule has 0 radical (unpaired) electrons. The first-order valence-corrected chi connectivity index (χ1v) is 8.08. The Hall–Kier alpha value is -2.06. The Bertz CT molecular complexity index is 755. The topological polar surface area (TPSA) is 82.5 Å². The first kappa shape index (κ1) is 16.3. The number of ether oxygens (including phenoxy) is 2. The number of sulfonamides is 1. The molecule has 1 atom stereocenters. The van der Waals surface area contributed by atoms with Crippen molar-refractivity contribution >= 4 is 10.0 Å². The van der Waals surface area contributed by atoms with Crippen LogP contribution in [-0.2, 0) is 17.1 Å². The van der Waals surface area contributed by atoms with Gasteiger partial charge in [0.15, 0.2) is 11.5 Å². The minimum Gasteiger partial charge on any atom is -0.493 e. The lowest BCUT2D eigenvalue weighted by Crippen LogP contribution is -2.26. The number of hydrogen-bond acceptors (Lipinski definition) is 5. The van der Waals surface area contributed by atoms with Crippen molar-refractivity contribution in [1.29, 1.82) is 0 Å². The van der Waals surface area contributed by atoms with Crippen LogP contribution < -0.4 is 14.2 Å². The van der Waals surface area contributed by atoms with Crippen LogP contribution in [0.5, 0.6) is 11.5 Å². The average molecular weight is 325 g/mol. The van der Waals surface area contributed by atoms with Crippen molar-refractivity contribution in [2.45, 2.75) is 17.9 Å². The quantitative estimate of drug-likeness (QED) is 0.870. The van der Waals surface area contributed by atoms with E-state index in [1.807, 2.05) is 0 Å². The molecule has 0 bridgehead atoms. The molecule has 1 N–H and O–H groups in total. The minimum absolute atomic E-state index is 0.112. The standard InChI is InChI=1S/C14H19N3O4S/c1-10(11-8-15-17(2)9-11)16-22(18,19)12-5-6-13(20-3)14(7-12)21-4/h5-10,16H,1-4H3/t10-/m1/s1. The van der Waals surface area contributed by atoms with E-state index < -0.39 is 16.1 Å². The van der Waals surface area contributed by atoms with Crippen LogP contribution in [0, 0.1) is 0 Å². The zero-order valence-electron chi connectivity index (χ0n) is 12.9. The Morgan fingerprint density at radius 1 is 1.23 bits per heavy atom. The summed E-state index contributed by atoms with van der Waals surface area (Å²) < 4.78 is 39.4. The Kier molecular flexibility index (Phi) is 4.72. The molecule has 0 spiro atoms. The second-order valence-corrected chi connectivity index (χ2v) is 6.52. The highest BCUT2D eigenvalue weighted by molar-refractivity contribution is 7.89. The Balaban J connectivity index is 2.26. The molecule has 7 nitrogen and oxygen atoms in total. The van der Waals surface area contributed by atoms with Gasteiger partial charge in [-0.05, 0) is 19.1 Å².